The topological polar surface area (TPSA) is 69.7 Å². The maximum Gasteiger partial charge on any atom is 0.243 e. The number of halogens is 1. The van der Waals surface area contributed by atoms with Gasteiger partial charge in [0.1, 0.15) is 0 Å². The fourth-order valence-corrected chi connectivity index (χ4v) is 5.87. The number of para-hydroxylation sites is 1. The number of likely N-dealkylation sites (tertiary alicyclic amines) is 1. The zero-order chi connectivity index (χ0) is 21.1. The van der Waals surface area contributed by atoms with Gasteiger partial charge in [-0.3, -0.25) is 4.79 Å². The molecule has 30 heavy (non-hydrogen) atoms. The van der Waals surface area contributed by atoms with Crippen molar-refractivity contribution in [1.29, 1.82) is 0 Å². The molecule has 2 aromatic rings. The molecule has 2 fully saturated rings. The summed E-state index contributed by atoms with van der Waals surface area (Å²) < 4.78 is 27.4. The van der Waals surface area contributed by atoms with Crippen molar-refractivity contribution < 1.29 is 13.2 Å². The first-order valence-corrected chi connectivity index (χ1v) is 12.1. The third-order valence-electron chi connectivity index (χ3n) is 5.83. The Balaban J connectivity index is 1.38. The van der Waals surface area contributed by atoms with E-state index in [1.165, 1.54) is 16.4 Å². The molecule has 0 aromatic heterocycles. The molecule has 2 heterocycles. The zero-order valence-corrected chi connectivity index (χ0v) is 18.3. The molecule has 2 aliphatic rings. The predicted molar refractivity (Wildman–Crippen MR) is 118 cm³/mol. The minimum absolute atomic E-state index is 0.0587. The minimum Gasteiger partial charge on any atom is -0.380 e. The van der Waals surface area contributed by atoms with E-state index >= 15 is 0 Å². The molecule has 8 heteroatoms. The Kier molecular flexibility index (Phi) is 6.32. The third kappa shape index (κ3) is 4.63. The first kappa shape index (κ1) is 21.2. The summed E-state index contributed by atoms with van der Waals surface area (Å²) in [7, 11) is -3.63. The summed E-state index contributed by atoms with van der Waals surface area (Å²) in [6.45, 7) is 2.02. The van der Waals surface area contributed by atoms with Gasteiger partial charge in [0.2, 0.25) is 15.9 Å². The number of piperidine rings is 1. The van der Waals surface area contributed by atoms with Crippen LogP contribution < -0.4 is 5.32 Å². The number of sulfonamides is 1. The number of benzene rings is 2. The monoisotopic (exact) mass is 447 g/mol. The van der Waals surface area contributed by atoms with Crippen LogP contribution in [-0.2, 0) is 14.8 Å². The number of nitrogens with one attached hydrogen (secondary N) is 1. The molecule has 2 atom stereocenters. The molecule has 2 saturated heterocycles. The summed E-state index contributed by atoms with van der Waals surface area (Å²) >= 11 is 5.88. The van der Waals surface area contributed by atoms with E-state index in [0.29, 0.717) is 31.1 Å². The molecular formula is C22H26ClN3O3S. The van der Waals surface area contributed by atoms with Gasteiger partial charge in [0.05, 0.1) is 10.8 Å². The minimum atomic E-state index is -3.63. The molecule has 0 radical (unpaired) electrons. The lowest BCUT2D eigenvalue weighted by Crippen LogP contribution is -2.46. The van der Waals surface area contributed by atoms with Crippen LogP contribution in [0.3, 0.4) is 0 Å². The summed E-state index contributed by atoms with van der Waals surface area (Å²) in [5, 5.41) is 3.97. The Hall–Kier alpha value is -2.09. The first-order chi connectivity index (χ1) is 14.4. The van der Waals surface area contributed by atoms with Gasteiger partial charge in [-0.15, -0.1) is 0 Å². The number of anilines is 1. The zero-order valence-electron chi connectivity index (χ0n) is 16.7. The van der Waals surface area contributed by atoms with E-state index in [9.17, 15) is 13.2 Å². The number of amides is 1. The molecule has 2 unspecified atom stereocenters. The van der Waals surface area contributed by atoms with Crippen molar-refractivity contribution in [3.8, 4) is 0 Å². The second-order valence-corrected chi connectivity index (χ2v) is 10.3. The van der Waals surface area contributed by atoms with Crippen molar-refractivity contribution in [2.75, 3.05) is 31.5 Å². The van der Waals surface area contributed by atoms with Crippen molar-refractivity contribution in [3.05, 3.63) is 59.6 Å². The summed E-state index contributed by atoms with van der Waals surface area (Å²) in [5.74, 6) is -0.236. The fourth-order valence-electron chi connectivity index (χ4n) is 4.22. The molecule has 0 aliphatic carbocycles. The number of hydrogen-bond acceptors (Lipinski definition) is 4. The summed E-state index contributed by atoms with van der Waals surface area (Å²) in [6.07, 6.45) is 2.29. The van der Waals surface area contributed by atoms with E-state index in [2.05, 4.69) is 5.32 Å². The number of hydrogen-bond donors (Lipinski definition) is 1. The van der Waals surface area contributed by atoms with E-state index in [-0.39, 0.29) is 29.3 Å². The van der Waals surface area contributed by atoms with Gasteiger partial charge in [-0.2, -0.15) is 4.31 Å². The number of rotatable bonds is 5. The Morgan fingerprint density at radius 1 is 0.967 bits per heavy atom. The molecule has 2 aliphatic heterocycles. The van der Waals surface area contributed by atoms with Gasteiger partial charge in [0, 0.05) is 42.9 Å². The van der Waals surface area contributed by atoms with Gasteiger partial charge < -0.3 is 10.2 Å². The summed E-state index contributed by atoms with van der Waals surface area (Å²) in [5.41, 5.74) is 1.05. The van der Waals surface area contributed by atoms with Crippen LogP contribution in [0.4, 0.5) is 5.69 Å². The van der Waals surface area contributed by atoms with Gasteiger partial charge >= 0.3 is 0 Å². The van der Waals surface area contributed by atoms with Gasteiger partial charge in [-0.25, -0.2) is 8.42 Å². The lowest BCUT2D eigenvalue weighted by Gasteiger charge is -2.33. The summed E-state index contributed by atoms with van der Waals surface area (Å²) in [4.78, 5) is 15.2. The smallest absolute Gasteiger partial charge is 0.243 e. The average Bonchev–Trinajstić information content (AvgIpc) is 3.23. The van der Waals surface area contributed by atoms with Gasteiger partial charge in [-0.05, 0) is 55.7 Å². The quantitative estimate of drug-likeness (QED) is 0.762. The fraction of sp³-hybridized carbons (Fsp3) is 0.409. The number of carbonyl (C=O) groups is 1. The van der Waals surface area contributed by atoms with Crippen molar-refractivity contribution in [3.63, 3.8) is 0 Å². The highest BCUT2D eigenvalue weighted by molar-refractivity contribution is 7.89. The Morgan fingerprint density at radius 3 is 2.43 bits per heavy atom. The molecule has 1 amide bonds. The van der Waals surface area contributed by atoms with E-state index in [0.717, 1.165) is 18.5 Å². The Labute approximate surface area is 182 Å². The molecule has 160 valence electrons. The van der Waals surface area contributed by atoms with Gasteiger partial charge in [0.25, 0.3) is 0 Å². The molecule has 1 N–H and O–H groups in total. The molecule has 0 bridgehead atoms. The Bertz CT molecular complexity index is 982. The van der Waals surface area contributed by atoms with Crippen molar-refractivity contribution >= 4 is 33.2 Å². The largest absolute Gasteiger partial charge is 0.380 e. The lowest BCUT2D eigenvalue weighted by molar-refractivity contribution is -0.135. The maximum absolute atomic E-state index is 13.1. The lowest BCUT2D eigenvalue weighted by atomic mass is 9.98. The highest BCUT2D eigenvalue weighted by Crippen LogP contribution is 2.27. The number of carbonyl (C=O) groups excluding carboxylic acids is 1. The molecule has 2 aromatic carbocycles. The average molecular weight is 448 g/mol. The highest BCUT2D eigenvalue weighted by atomic mass is 35.5. The van der Waals surface area contributed by atoms with Crippen LogP contribution in [0.5, 0.6) is 0 Å². The predicted octanol–water partition coefficient (Wildman–Crippen LogP) is 3.45. The van der Waals surface area contributed by atoms with Crippen LogP contribution in [0.2, 0.25) is 5.02 Å². The van der Waals surface area contributed by atoms with Crippen LogP contribution in [0.1, 0.15) is 19.3 Å². The second-order valence-electron chi connectivity index (χ2n) is 7.94. The first-order valence-electron chi connectivity index (χ1n) is 10.3. The van der Waals surface area contributed by atoms with Crippen LogP contribution in [-0.4, -0.2) is 55.8 Å². The molecule has 6 nitrogen and oxygen atoms in total. The normalized spacial score (nSPS) is 22.8. The van der Waals surface area contributed by atoms with Crippen LogP contribution in [0.25, 0.3) is 0 Å². The molecule has 4 rings (SSSR count). The van der Waals surface area contributed by atoms with Crippen molar-refractivity contribution in [1.82, 2.24) is 9.21 Å². The molecular weight excluding hydrogens is 422 g/mol. The number of nitrogens with zero attached hydrogens (tertiary/aromatic N) is 2. The van der Waals surface area contributed by atoms with E-state index in [4.69, 9.17) is 11.6 Å². The SMILES string of the molecule is O=C(C1CCCN(S(=O)(=O)c2ccc(Cl)cc2)C1)N1CCC(Nc2ccccc2)C1. The van der Waals surface area contributed by atoms with Gasteiger partial charge in [-0.1, -0.05) is 29.8 Å². The van der Waals surface area contributed by atoms with Crippen LogP contribution in [0, 0.1) is 5.92 Å². The van der Waals surface area contributed by atoms with Crippen LogP contribution in [0.15, 0.2) is 59.5 Å². The Morgan fingerprint density at radius 2 is 1.70 bits per heavy atom. The van der Waals surface area contributed by atoms with E-state index in [1.807, 2.05) is 35.2 Å². The van der Waals surface area contributed by atoms with E-state index < -0.39 is 10.0 Å². The standard InChI is InChI=1S/C22H26ClN3O3S/c23-18-8-10-21(11-9-18)30(28,29)26-13-4-5-17(15-26)22(27)25-14-12-20(16-25)24-19-6-2-1-3-7-19/h1-3,6-11,17,20,24H,4-5,12-16H2. The van der Waals surface area contributed by atoms with E-state index in [1.54, 1.807) is 12.1 Å². The third-order valence-corrected chi connectivity index (χ3v) is 7.96. The van der Waals surface area contributed by atoms with Crippen LogP contribution >= 0.6 is 11.6 Å². The maximum atomic E-state index is 13.1. The van der Waals surface area contributed by atoms with Crippen molar-refractivity contribution in [2.24, 2.45) is 5.92 Å². The van der Waals surface area contributed by atoms with Gasteiger partial charge in [0.15, 0.2) is 0 Å². The highest BCUT2D eigenvalue weighted by Gasteiger charge is 2.37. The summed E-state index contributed by atoms with van der Waals surface area (Å²) in [6, 6.07) is 16.4. The molecule has 0 spiro atoms. The molecule has 0 saturated carbocycles. The second kappa shape index (κ2) is 8.96. The van der Waals surface area contributed by atoms with Crippen molar-refractivity contribution in [2.45, 2.75) is 30.2 Å².